The van der Waals surface area contributed by atoms with E-state index in [4.69, 9.17) is 14.6 Å². The number of carbonyl (C=O) groups is 1. The minimum atomic E-state index is -0.631. The predicted octanol–water partition coefficient (Wildman–Crippen LogP) is 2.63. The number of carbonyl (C=O) groups excluding carboxylic acids is 1. The summed E-state index contributed by atoms with van der Waals surface area (Å²) in [5, 5.41) is 19.1. The van der Waals surface area contributed by atoms with Gasteiger partial charge in [0.25, 0.3) is 0 Å². The van der Waals surface area contributed by atoms with Crippen molar-refractivity contribution in [3.05, 3.63) is 41.5 Å². The maximum absolute atomic E-state index is 11.5. The minimum absolute atomic E-state index is 0.0342. The fraction of sp³-hybridized carbons (Fsp3) is 0.500. The van der Waals surface area contributed by atoms with Crippen LogP contribution in [0.3, 0.4) is 0 Å². The highest BCUT2D eigenvalue weighted by atomic mass is 16.5. The quantitative estimate of drug-likeness (QED) is 0.540. The fourth-order valence-electron chi connectivity index (χ4n) is 2.07. The second kappa shape index (κ2) is 10.0. The number of aliphatic hydroxyl groups is 2. The van der Waals surface area contributed by atoms with E-state index in [9.17, 15) is 9.90 Å². The number of hydrogen-bond acceptors (Lipinski definition) is 5. The van der Waals surface area contributed by atoms with Crippen molar-refractivity contribution in [3.8, 4) is 5.75 Å². The van der Waals surface area contributed by atoms with Gasteiger partial charge in [-0.2, -0.15) is 0 Å². The van der Waals surface area contributed by atoms with Gasteiger partial charge in [0.1, 0.15) is 12.4 Å². The van der Waals surface area contributed by atoms with Crippen LogP contribution < -0.4 is 4.74 Å². The molecule has 23 heavy (non-hydrogen) atoms. The van der Waals surface area contributed by atoms with Gasteiger partial charge in [0.2, 0.25) is 0 Å². The molecule has 0 saturated heterocycles. The van der Waals surface area contributed by atoms with Crippen molar-refractivity contribution >= 4 is 5.97 Å². The van der Waals surface area contributed by atoms with E-state index in [1.54, 1.807) is 44.2 Å². The molecule has 128 valence electrons. The molecule has 5 heteroatoms. The Labute approximate surface area is 137 Å². The molecule has 0 bridgehead atoms. The summed E-state index contributed by atoms with van der Waals surface area (Å²) in [6.07, 6.45) is 1.74. The lowest BCUT2D eigenvalue weighted by molar-refractivity contribution is -0.138. The molecule has 0 amide bonds. The fourth-order valence-corrected chi connectivity index (χ4v) is 2.07. The maximum atomic E-state index is 11.5. The van der Waals surface area contributed by atoms with Crippen LogP contribution in [0.2, 0.25) is 0 Å². The van der Waals surface area contributed by atoms with E-state index in [1.807, 2.05) is 6.92 Å². The van der Waals surface area contributed by atoms with Gasteiger partial charge in [0.15, 0.2) is 0 Å². The lowest BCUT2D eigenvalue weighted by atomic mass is 9.94. The molecule has 1 aromatic carbocycles. The van der Waals surface area contributed by atoms with Crippen LogP contribution in [-0.4, -0.2) is 36.0 Å². The molecule has 0 aromatic heterocycles. The third-order valence-electron chi connectivity index (χ3n) is 3.51. The van der Waals surface area contributed by atoms with Gasteiger partial charge in [-0.25, -0.2) is 4.79 Å². The van der Waals surface area contributed by atoms with Crippen LogP contribution in [-0.2, 0) is 9.53 Å². The Morgan fingerprint density at radius 3 is 2.52 bits per heavy atom. The van der Waals surface area contributed by atoms with Crippen LogP contribution in [0.4, 0.5) is 0 Å². The normalized spacial score (nSPS) is 14.2. The van der Waals surface area contributed by atoms with Crippen molar-refractivity contribution in [3.63, 3.8) is 0 Å². The van der Waals surface area contributed by atoms with E-state index in [0.29, 0.717) is 24.4 Å². The van der Waals surface area contributed by atoms with Gasteiger partial charge >= 0.3 is 5.97 Å². The molecule has 0 saturated carbocycles. The Kier molecular flexibility index (Phi) is 8.37. The smallest absolute Gasteiger partial charge is 0.333 e. The van der Waals surface area contributed by atoms with E-state index in [2.05, 4.69) is 0 Å². The van der Waals surface area contributed by atoms with E-state index in [1.165, 1.54) is 0 Å². The number of aliphatic hydroxyl groups excluding tert-OH is 2. The Balaban J connectivity index is 2.60. The molecule has 1 rings (SSSR count). The number of ether oxygens (including phenoxy) is 2. The largest absolute Gasteiger partial charge is 0.491 e. The molecule has 0 unspecified atom stereocenters. The van der Waals surface area contributed by atoms with Gasteiger partial charge in [-0.3, -0.25) is 0 Å². The first-order valence-corrected chi connectivity index (χ1v) is 7.85. The highest BCUT2D eigenvalue weighted by molar-refractivity contribution is 5.87. The van der Waals surface area contributed by atoms with Crippen molar-refractivity contribution in [2.45, 2.75) is 33.3 Å². The molecule has 0 aliphatic carbocycles. The summed E-state index contributed by atoms with van der Waals surface area (Å²) >= 11 is 0. The zero-order valence-corrected chi connectivity index (χ0v) is 14.0. The highest BCUT2D eigenvalue weighted by Gasteiger charge is 2.16. The summed E-state index contributed by atoms with van der Waals surface area (Å²) in [7, 11) is 0. The van der Waals surface area contributed by atoms with Gasteiger partial charge < -0.3 is 19.7 Å². The molecule has 1 aromatic rings. The number of rotatable bonds is 9. The first-order valence-electron chi connectivity index (χ1n) is 7.85. The van der Waals surface area contributed by atoms with Gasteiger partial charge in [0.05, 0.1) is 19.3 Å². The Bertz CT molecular complexity index is 507. The lowest BCUT2D eigenvalue weighted by Gasteiger charge is -2.18. The molecule has 0 spiro atoms. The van der Waals surface area contributed by atoms with E-state index in [0.717, 1.165) is 5.56 Å². The maximum Gasteiger partial charge on any atom is 0.333 e. The van der Waals surface area contributed by atoms with Crippen molar-refractivity contribution < 1.29 is 24.5 Å². The standard InChI is InChI=1S/C18H26O5/c1-4-22-18(21)14(3)6-5-13(2)17(20)15-7-9-16(10-8-15)23-12-11-19/h6-10,13,17,19-20H,4-5,11-12H2,1-3H3/b14-6+/t13-,17-/m1/s1. The zero-order chi connectivity index (χ0) is 17.2. The summed E-state index contributed by atoms with van der Waals surface area (Å²) in [6.45, 7) is 5.97. The number of hydrogen-bond donors (Lipinski definition) is 2. The molecule has 5 nitrogen and oxygen atoms in total. The van der Waals surface area contributed by atoms with Crippen LogP contribution in [0.1, 0.15) is 38.9 Å². The molecule has 2 N–H and O–H groups in total. The van der Waals surface area contributed by atoms with Gasteiger partial charge in [-0.1, -0.05) is 25.1 Å². The average molecular weight is 322 g/mol. The molecule has 0 fully saturated rings. The number of allylic oxidation sites excluding steroid dienone is 1. The van der Waals surface area contributed by atoms with Crippen molar-refractivity contribution in [2.24, 2.45) is 5.92 Å². The molecule has 0 aliphatic heterocycles. The molecule has 2 atom stereocenters. The number of esters is 1. The summed E-state index contributed by atoms with van der Waals surface area (Å²) in [6, 6.07) is 7.13. The second-order valence-corrected chi connectivity index (χ2v) is 5.41. The molecule has 0 heterocycles. The monoisotopic (exact) mass is 322 g/mol. The average Bonchev–Trinajstić information content (AvgIpc) is 2.57. The van der Waals surface area contributed by atoms with Crippen molar-refractivity contribution in [2.75, 3.05) is 19.8 Å². The van der Waals surface area contributed by atoms with E-state index < -0.39 is 6.10 Å². The predicted molar refractivity (Wildman–Crippen MR) is 88.2 cm³/mol. The topological polar surface area (TPSA) is 76.0 Å². The van der Waals surface area contributed by atoms with Crippen LogP contribution in [0.5, 0.6) is 5.75 Å². The second-order valence-electron chi connectivity index (χ2n) is 5.41. The first-order chi connectivity index (χ1) is 11.0. The molecule has 0 radical (unpaired) electrons. The van der Waals surface area contributed by atoms with Crippen LogP contribution in [0.25, 0.3) is 0 Å². The van der Waals surface area contributed by atoms with Crippen LogP contribution >= 0.6 is 0 Å². The Morgan fingerprint density at radius 2 is 1.96 bits per heavy atom. The Hall–Kier alpha value is -1.85. The third kappa shape index (κ3) is 6.42. The third-order valence-corrected chi connectivity index (χ3v) is 3.51. The summed E-state index contributed by atoms with van der Waals surface area (Å²) in [5.41, 5.74) is 1.34. The highest BCUT2D eigenvalue weighted by Crippen LogP contribution is 2.26. The summed E-state index contributed by atoms with van der Waals surface area (Å²) in [4.78, 5) is 11.5. The van der Waals surface area contributed by atoms with Gasteiger partial charge in [-0.05, 0) is 43.9 Å². The van der Waals surface area contributed by atoms with Gasteiger partial charge in [0, 0.05) is 5.57 Å². The molecular formula is C18H26O5. The molecule has 0 aliphatic rings. The van der Waals surface area contributed by atoms with Crippen molar-refractivity contribution in [1.29, 1.82) is 0 Å². The van der Waals surface area contributed by atoms with Crippen LogP contribution in [0.15, 0.2) is 35.9 Å². The zero-order valence-electron chi connectivity index (χ0n) is 14.0. The van der Waals surface area contributed by atoms with Gasteiger partial charge in [-0.15, -0.1) is 0 Å². The first kappa shape index (κ1) is 19.2. The molecular weight excluding hydrogens is 296 g/mol. The lowest BCUT2D eigenvalue weighted by Crippen LogP contribution is -2.10. The number of benzene rings is 1. The summed E-state index contributed by atoms with van der Waals surface area (Å²) in [5.74, 6) is 0.295. The SMILES string of the molecule is CCOC(=O)/C(C)=C/C[C@@H](C)[C@@H](O)c1ccc(OCCO)cc1. The van der Waals surface area contributed by atoms with E-state index in [-0.39, 0.29) is 25.1 Å². The van der Waals surface area contributed by atoms with Crippen molar-refractivity contribution in [1.82, 2.24) is 0 Å². The van der Waals surface area contributed by atoms with E-state index >= 15 is 0 Å². The summed E-state index contributed by atoms with van der Waals surface area (Å²) < 4.78 is 10.2. The Morgan fingerprint density at radius 1 is 1.30 bits per heavy atom. The van der Waals surface area contributed by atoms with Crippen LogP contribution in [0, 0.1) is 5.92 Å². The minimum Gasteiger partial charge on any atom is -0.491 e.